The van der Waals surface area contributed by atoms with E-state index in [0.29, 0.717) is 35.6 Å². The average Bonchev–Trinajstić information content (AvgIpc) is 2.98. The number of fused-ring (bicyclic) bond motifs is 1. The Balaban J connectivity index is 1.57. The molecule has 1 aliphatic heterocycles. The van der Waals surface area contributed by atoms with E-state index in [2.05, 4.69) is 10.6 Å². The maximum atomic E-state index is 13.6. The van der Waals surface area contributed by atoms with Crippen LogP contribution < -0.4 is 15.4 Å². The lowest BCUT2D eigenvalue weighted by atomic mass is 9.78. The number of rotatable bonds is 4. The number of Topliss-reactive ketones (excluding diaryl/α,β-unsaturated/α-hetero) is 1. The minimum absolute atomic E-state index is 0.0484. The summed E-state index contributed by atoms with van der Waals surface area (Å²) in [6, 6.07) is 20.3. The van der Waals surface area contributed by atoms with Gasteiger partial charge in [-0.1, -0.05) is 35.9 Å². The van der Waals surface area contributed by atoms with Crippen LogP contribution >= 0.6 is 11.6 Å². The summed E-state index contributed by atoms with van der Waals surface area (Å²) in [6.07, 6.45) is 1.08. The molecule has 2 aliphatic rings. The molecule has 5 nitrogen and oxygen atoms in total. The molecule has 2 unspecified atom stereocenters. The first kappa shape index (κ1) is 21.4. The lowest BCUT2D eigenvalue weighted by Gasteiger charge is -2.30. The highest BCUT2D eigenvalue weighted by Gasteiger charge is 2.37. The van der Waals surface area contributed by atoms with Gasteiger partial charge in [0.2, 0.25) is 0 Å². The number of aromatic hydroxyl groups is 1. The molecule has 0 bridgehead atoms. The number of para-hydroxylation sites is 2. The summed E-state index contributed by atoms with van der Waals surface area (Å²) < 4.78 is 5.56. The number of ketones is 1. The number of phenols is 1. The van der Waals surface area contributed by atoms with Crippen molar-refractivity contribution in [1.29, 1.82) is 0 Å². The number of phenolic OH excluding ortho intramolecular Hbond substituents is 1. The highest BCUT2D eigenvalue weighted by Crippen LogP contribution is 2.46. The van der Waals surface area contributed by atoms with Gasteiger partial charge in [0, 0.05) is 28.3 Å². The molecule has 0 saturated heterocycles. The zero-order valence-electron chi connectivity index (χ0n) is 18.3. The fraction of sp³-hybridized carbons (Fsp3) is 0.222. The van der Waals surface area contributed by atoms with Crippen LogP contribution in [0.2, 0.25) is 5.02 Å². The Morgan fingerprint density at radius 1 is 1.03 bits per heavy atom. The zero-order chi connectivity index (χ0) is 22.9. The van der Waals surface area contributed by atoms with E-state index in [-0.39, 0.29) is 17.5 Å². The fourth-order valence-electron chi connectivity index (χ4n) is 4.72. The van der Waals surface area contributed by atoms with Crippen molar-refractivity contribution in [2.75, 3.05) is 17.2 Å². The van der Waals surface area contributed by atoms with Crippen molar-refractivity contribution < 1.29 is 14.6 Å². The van der Waals surface area contributed by atoms with Crippen molar-refractivity contribution in [1.82, 2.24) is 0 Å². The third-order valence-electron chi connectivity index (χ3n) is 6.27. The average molecular weight is 461 g/mol. The number of halogens is 1. The first-order chi connectivity index (χ1) is 16.0. The Kier molecular flexibility index (Phi) is 5.73. The van der Waals surface area contributed by atoms with Crippen molar-refractivity contribution >= 4 is 28.8 Å². The second kappa shape index (κ2) is 8.83. The normalized spacial score (nSPS) is 19.6. The first-order valence-electron chi connectivity index (χ1n) is 11.1. The summed E-state index contributed by atoms with van der Waals surface area (Å²) in [5, 5.41) is 18.1. The molecule has 0 radical (unpaired) electrons. The standard InChI is InChI=1S/C27H25ClN2O3/c1-2-33-19-10-7-16(8-11-19)17-13-23-26(25(32)14-17)27(20-15-18(28)9-12-24(20)31)30-22-6-4-3-5-21(22)29-23/h3-12,15,17,27,29-31H,2,13-14H2,1H3. The number of allylic oxidation sites excluding steroid dienone is 1. The maximum absolute atomic E-state index is 13.6. The van der Waals surface area contributed by atoms with Crippen LogP contribution in [0.3, 0.4) is 0 Å². The van der Waals surface area contributed by atoms with Gasteiger partial charge in [0.1, 0.15) is 11.5 Å². The zero-order valence-corrected chi connectivity index (χ0v) is 19.0. The molecule has 3 N–H and O–H groups in total. The number of carbonyl (C=O) groups is 1. The maximum Gasteiger partial charge on any atom is 0.163 e. The van der Waals surface area contributed by atoms with Crippen LogP contribution in [0.15, 0.2) is 78.0 Å². The van der Waals surface area contributed by atoms with E-state index in [4.69, 9.17) is 16.3 Å². The van der Waals surface area contributed by atoms with Crippen LogP contribution in [-0.2, 0) is 4.79 Å². The first-order valence-corrected chi connectivity index (χ1v) is 11.5. The SMILES string of the molecule is CCOc1ccc(C2CC(=O)C3=C(C2)Nc2ccccc2NC3c2cc(Cl)ccc2O)cc1. The Hall–Kier alpha value is -3.44. The molecule has 0 saturated carbocycles. The molecule has 3 aromatic rings. The fourth-order valence-corrected chi connectivity index (χ4v) is 4.90. The number of ether oxygens (including phenoxy) is 1. The van der Waals surface area contributed by atoms with Gasteiger partial charge in [-0.05, 0) is 67.3 Å². The van der Waals surface area contributed by atoms with Crippen LogP contribution in [-0.4, -0.2) is 17.5 Å². The van der Waals surface area contributed by atoms with E-state index in [9.17, 15) is 9.90 Å². The van der Waals surface area contributed by atoms with Gasteiger partial charge in [-0.3, -0.25) is 4.79 Å². The number of benzene rings is 3. The Labute approximate surface area is 198 Å². The highest BCUT2D eigenvalue weighted by molar-refractivity contribution is 6.30. The van der Waals surface area contributed by atoms with Gasteiger partial charge in [-0.25, -0.2) is 0 Å². The predicted octanol–water partition coefficient (Wildman–Crippen LogP) is 6.42. The monoisotopic (exact) mass is 460 g/mol. The van der Waals surface area contributed by atoms with Gasteiger partial charge in [0.15, 0.2) is 5.78 Å². The molecule has 6 heteroatoms. The number of carbonyl (C=O) groups excluding carboxylic acids is 1. The predicted molar refractivity (Wildman–Crippen MR) is 131 cm³/mol. The van der Waals surface area contributed by atoms with E-state index in [1.165, 1.54) is 0 Å². The molecular weight excluding hydrogens is 436 g/mol. The van der Waals surface area contributed by atoms with Crippen molar-refractivity contribution in [3.8, 4) is 11.5 Å². The lowest BCUT2D eigenvalue weighted by Crippen LogP contribution is -2.27. The van der Waals surface area contributed by atoms with Crippen LogP contribution in [0.4, 0.5) is 11.4 Å². The number of anilines is 2. The number of hydrogen-bond acceptors (Lipinski definition) is 5. The molecule has 168 valence electrons. The molecule has 0 aromatic heterocycles. The summed E-state index contributed by atoms with van der Waals surface area (Å²) in [5.74, 6) is 1.03. The van der Waals surface area contributed by atoms with Crippen molar-refractivity contribution in [3.63, 3.8) is 0 Å². The lowest BCUT2D eigenvalue weighted by molar-refractivity contribution is -0.116. The Bertz CT molecular complexity index is 1240. The number of nitrogens with one attached hydrogen (secondary N) is 2. The van der Waals surface area contributed by atoms with E-state index >= 15 is 0 Å². The van der Waals surface area contributed by atoms with Gasteiger partial charge in [0.25, 0.3) is 0 Å². The largest absolute Gasteiger partial charge is 0.508 e. The summed E-state index contributed by atoms with van der Waals surface area (Å²) >= 11 is 6.26. The minimum Gasteiger partial charge on any atom is -0.508 e. The molecule has 0 fully saturated rings. The van der Waals surface area contributed by atoms with Gasteiger partial charge in [-0.2, -0.15) is 0 Å². The molecule has 33 heavy (non-hydrogen) atoms. The van der Waals surface area contributed by atoms with E-state index in [1.807, 2.05) is 55.5 Å². The quantitative estimate of drug-likeness (QED) is 0.419. The Morgan fingerprint density at radius 2 is 1.79 bits per heavy atom. The molecule has 1 heterocycles. The summed E-state index contributed by atoms with van der Waals surface area (Å²) in [6.45, 7) is 2.57. The second-order valence-electron chi connectivity index (χ2n) is 8.37. The molecular formula is C27H25ClN2O3. The summed E-state index contributed by atoms with van der Waals surface area (Å²) in [7, 11) is 0. The molecule has 1 aliphatic carbocycles. The van der Waals surface area contributed by atoms with Gasteiger partial charge in [-0.15, -0.1) is 0 Å². The smallest absolute Gasteiger partial charge is 0.163 e. The van der Waals surface area contributed by atoms with Crippen LogP contribution in [0.25, 0.3) is 0 Å². The third-order valence-corrected chi connectivity index (χ3v) is 6.51. The molecule has 5 rings (SSSR count). The van der Waals surface area contributed by atoms with Crippen LogP contribution in [0.1, 0.15) is 42.9 Å². The van der Waals surface area contributed by atoms with Crippen LogP contribution in [0, 0.1) is 0 Å². The van der Waals surface area contributed by atoms with Gasteiger partial charge < -0.3 is 20.5 Å². The van der Waals surface area contributed by atoms with Crippen molar-refractivity contribution in [3.05, 3.63) is 94.1 Å². The van der Waals surface area contributed by atoms with Gasteiger partial charge >= 0.3 is 0 Å². The molecule has 2 atom stereocenters. The second-order valence-corrected chi connectivity index (χ2v) is 8.81. The summed E-state index contributed by atoms with van der Waals surface area (Å²) in [4.78, 5) is 13.6. The van der Waals surface area contributed by atoms with Crippen molar-refractivity contribution in [2.45, 2.75) is 31.7 Å². The molecule has 3 aromatic carbocycles. The minimum atomic E-state index is -0.511. The van der Waals surface area contributed by atoms with Crippen LogP contribution in [0.5, 0.6) is 11.5 Å². The topological polar surface area (TPSA) is 70.6 Å². The molecule has 0 spiro atoms. The molecule has 0 amide bonds. The highest BCUT2D eigenvalue weighted by atomic mass is 35.5. The van der Waals surface area contributed by atoms with E-state index in [0.717, 1.165) is 28.4 Å². The van der Waals surface area contributed by atoms with Gasteiger partial charge in [0.05, 0.1) is 24.0 Å². The van der Waals surface area contributed by atoms with E-state index in [1.54, 1.807) is 18.2 Å². The Morgan fingerprint density at radius 3 is 2.55 bits per heavy atom. The summed E-state index contributed by atoms with van der Waals surface area (Å²) in [5.41, 5.74) is 4.96. The van der Waals surface area contributed by atoms with Crippen molar-refractivity contribution in [2.24, 2.45) is 0 Å². The number of hydrogen-bond donors (Lipinski definition) is 3. The third kappa shape index (κ3) is 4.16. The van der Waals surface area contributed by atoms with E-state index < -0.39 is 6.04 Å².